The first-order valence-corrected chi connectivity index (χ1v) is 7.43. The first-order chi connectivity index (χ1) is 10.1. The molecule has 0 saturated heterocycles. The minimum absolute atomic E-state index is 0.217. The molecule has 1 aromatic carbocycles. The van der Waals surface area contributed by atoms with Crippen molar-refractivity contribution in [3.05, 3.63) is 57.9 Å². The van der Waals surface area contributed by atoms with Crippen LogP contribution in [0.1, 0.15) is 21.5 Å². The maximum absolute atomic E-state index is 11.5. The molecule has 0 aliphatic carbocycles. The first-order valence-electron chi connectivity index (χ1n) is 6.49. The standard InChI is InChI=1S/C16H14N2O2S/c1-10-3-4-11(2)14(7-10)18-8-13(16(19)20)15(17-18)12-5-6-21-9-12/h3-9H,1-2H3,(H,19,20). The van der Waals surface area contributed by atoms with Crippen LogP contribution in [0.5, 0.6) is 0 Å². The van der Waals surface area contributed by atoms with E-state index in [4.69, 9.17) is 0 Å². The summed E-state index contributed by atoms with van der Waals surface area (Å²) in [6, 6.07) is 7.93. The summed E-state index contributed by atoms with van der Waals surface area (Å²) in [6.45, 7) is 3.99. The average molecular weight is 298 g/mol. The lowest BCUT2D eigenvalue weighted by Crippen LogP contribution is -1.98. The lowest BCUT2D eigenvalue weighted by atomic mass is 10.1. The van der Waals surface area contributed by atoms with Crippen molar-refractivity contribution in [2.24, 2.45) is 0 Å². The van der Waals surface area contributed by atoms with Crippen molar-refractivity contribution < 1.29 is 9.90 Å². The normalized spacial score (nSPS) is 10.8. The maximum atomic E-state index is 11.5. The molecule has 0 spiro atoms. The van der Waals surface area contributed by atoms with Gasteiger partial charge >= 0.3 is 5.97 Å². The van der Waals surface area contributed by atoms with E-state index in [0.717, 1.165) is 22.4 Å². The maximum Gasteiger partial charge on any atom is 0.339 e. The van der Waals surface area contributed by atoms with Gasteiger partial charge in [0.1, 0.15) is 11.3 Å². The van der Waals surface area contributed by atoms with Crippen molar-refractivity contribution in [2.75, 3.05) is 0 Å². The number of thiophene rings is 1. The fraction of sp³-hybridized carbons (Fsp3) is 0.125. The van der Waals surface area contributed by atoms with Crippen molar-refractivity contribution in [3.63, 3.8) is 0 Å². The van der Waals surface area contributed by atoms with Gasteiger partial charge in [0.25, 0.3) is 0 Å². The summed E-state index contributed by atoms with van der Waals surface area (Å²) in [4.78, 5) is 11.5. The molecule has 3 rings (SSSR count). The zero-order valence-corrected chi connectivity index (χ0v) is 12.5. The largest absolute Gasteiger partial charge is 0.478 e. The highest BCUT2D eigenvalue weighted by molar-refractivity contribution is 7.08. The molecule has 2 aromatic heterocycles. The highest BCUT2D eigenvalue weighted by atomic mass is 32.1. The summed E-state index contributed by atoms with van der Waals surface area (Å²) in [7, 11) is 0. The Hall–Kier alpha value is -2.40. The van der Waals surface area contributed by atoms with Crippen molar-refractivity contribution in [1.29, 1.82) is 0 Å². The van der Waals surface area contributed by atoms with Crippen LogP contribution in [0.3, 0.4) is 0 Å². The molecule has 0 aliphatic rings. The summed E-state index contributed by atoms with van der Waals surface area (Å²) in [5.74, 6) is -0.965. The van der Waals surface area contributed by atoms with E-state index in [-0.39, 0.29) is 5.56 Å². The van der Waals surface area contributed by atoms with Crippen molar-refractivity contribution in [3.8, 4) is 16.9 Å². The molecular weight excluding hydrogens is 284 g/mol. The molecule has 2 heterocycles. The molecule has 0 unspecified atom stereocenters. The molecule has 3 aromatic rings. The summed E-state index contributed by atoms with van der Waals surface area (Å²) in [6.07, 6.45) is 1.58. The Bertz CT molecular complexity index is 804. The Morgan fingerprint density at radius 1 is 1.29 bits per heavy atom. The number of aromatic carboxylic acids is 1. The summed E-state index contributed by atoms with van der Waals surface area (Å²) in [5, 5.41) is 17.7. The Morgan fingerprint density at radius 2 is 2.10 bits per heavy atom. The molecule has 5 heteroatoms. The van der Waals surface area contributed by atoms with Gasteiger partial charge in [0.2, 0.25) is 0 Å². The Kier molecular flexibility index (Phi) is 3.35. The molecule has 0 fully saturated rings. The molecule has 106 valence electrons. The van der Waals surface area contributed by atoms with Gasteiger partial charge in [0.15, 0.2) is 0 Å². The molecule has 0 saturated carbocycles. The molecular formula is C16H14N2O2S. The van der Waals surface area contributed by atoms with Crippen molar-refractivity contribution in [2.45, 2.75) is 13.8 Å². The van der Waals surface area contributed by atoms with Gasteiger partial charge in [0, 0.05) is 17.1 Å². The zero-order chi connectivity index (χ0) is 15.0. The Balaban J connectivity index is 2.19. The molecule has 21 heavy (non-hydrogen) atoms. The minimum Gasteiger partial charge on any atom is -0.478 e. The fourth-order valence-corrected chi connectivity index (χ4v) is 2.87. The topological polar surface area (TPSA) is 55.1 Å². The van der Waals surface area contributed by atoms with E-state index in [0.29, 0.717) is 5.69 Å². The monoisotopic (exact) mass is 298 g/mol. The van der Waals surface area contributed by atoms with Crippen LogP contribution >= 0.6 is 11.3 Å². The SMILES string of the molecule is Cc1ccc(C)c(-n2cc(C(=O)O)c(-c3ccsc3)n2)c1. The second-order valence-electron chi connectivity index (χ2n) is 4.94. The number of carboxylic acid groups (broad SMARTS) is 1. The van der Waals surface area contributed by atoms with Crippen molar-refractivity contribution in [1.82, 2.24) is 9.78 Å². The summed E-state index contributed by atoms with van der Waals surface area (Å²) in [5.41, 5.74) is 4.62. The first kappa shape index (κ1) is 13.6. The Labute approximate surface area is 126 Å². The van der Waals surface area contributed by atoms with Gasteiger partial charge in [-0.1, -0.05) is 12.1 Å². The Morgan fingerprint density at radius 3 is 2.76 bits per heavy atom. The minimum atomic E-state index is -0.965. The quantitative estimate of drug-likeness (QED) is 0.797. The van der Waals surface area contributed by atoms with Crippen LogP contribution in [0.2, 0.25) is 0 Å². The predicted molar refractivity (Wildman–Crippen MR) is 83.3 cm³/mol. The van der Waals surface area contributed by atoms with Gasteiger partial charge < -0.3 is 5.11 Å². The lowest BCUT2D eigenvalue weighted by Gasteiger charge is -2.06. The summed E-state index contributed by atoms with van der Waals surface area (Å²) >= 11 is 1.52. The number of nitrogens with zero attached hydrogens (tertiary/aromatic N) is 2. The highest BCUT2D eigenvalue weighted by Gasteiger charge is 2.18. The second-order valence-corrected chi connectivity index (χ2v) is 5.72. The van der Waals surface area contributed by atoms with E-state index in [1.807, 2.05) is 48.9 Å². The van der Waals surface area contributed by atoms with Gasteiger partial charge in [-0.15, -0.1) is 0 Å². The number of aromatic nitrogens is 2. The molecule has 0 aliphatic heterocycles. The lowest BCUT2D eigenvalue weighted by molar-refractivity contribution is 0.0697. The number of hydrogen-bond acceptors (Lipinski definition) is 3. The van der Waals surface area contributed by atoms with E-state index in [1.165, 1.54) is 11.3 Å². The number of carboxylic acids is 1. The van der Waals surface area contributed by atoms with Crippen molar-refractivity contribution >= 4 is 17.3 Å². The van der Waals surface area contributed by atoms with E-state index in [1.54, 1.807) is 10.9 Å². The summed E-state index contributed by atoms with van der Waals surface area (Å²) < 4.78 is 1.65. The third-order valence-corrected chi connectivity index (χ3v) is 4.03. The van der Waals surface area contributed by atoms with Crippen LogP contribution in [0.4, 0.5) is 0 Å². The van der Waals surface area contributed by atoms with Crippen LogP contribution in [-0.4, -0.2) is 20.9 Å². The molecule has 0 bridgehead atoms. The molecule has 4 nitrogen and oxygen atoms in total. The second kappa shape index (κ2) is 5.18. The number of rotatable bonds is 3. The number of hydrogen-bond donors (Lipinski definition) is 1. The zero-order valence-electron chi connectivity index (χ0n) is 11.7. The third-order valence-electron chi connectivity index (χ3n) is 3.35. The predicted octanol–water partition coefficient (Wildman–Crippen LogP) is 3.92. The fourth-order valence-electron chi connectivity index (χ4n) is 2.23. The highest BCUT2D eigenvalue weighted by Crippen LogP contribution is 2.26. The van der Waals surface area contributed by atoms with Crippen LogP contribution in [0.15, 0.2) is 41.2 Å². The van der Waals surface area contributed by atoms with Gasteiger partial charge in [-0.2, -0.15) is 16.4 Å². The number of carbonyl (C=O) groups is 1. The average Bonchev–Trinajstić information content (AvgIpc) is 3.09. The molecule has 0 atom stereocenters. The van der Waals surface area contributed by atoms with Crippen LogP contribution < -0.4 is 0 Å². The number of aryl methyl sites for hydroxylation is 2. The molecule has 1 N–H and O–H groups in total. The van der Waals surface area contributed by atoms with Gasteiger partial charge in [-0.3, -0.25) is 0 Å². The third kappa shape index (κ3) is 2.48. The van der Waals surface area contributed by atoms with Gasteiger partial charge in [0.05, 0.1) is 5.69 Å². The van der Waals surface area contributed by atoms with Crippen LogP contribution in [0, 0.1) is 13.8 Å². The van der Waals surface area contributed by atoms with E-state index < -0.39 is 5.97 Å². The van der Waals surface area contributed by atoms with Gasteiger partial charge in [-0.05, 0) is 42.5 Å². The smallest absolute Gasteiger partial charge is 0.339 e. The van der Waals surface area contributed by atoms with E-state index in [2.05, 4.69) is 5.10 Å². The van der Waals surface area contributed by atoms with Crippen LogP contribution in [-0.2, 0) is 0 Å². The van der Waals surface area contributed by atoms with Crippen LogP contribution in [0.25, 0.3) is 16.9 Å². The number of benzene rings is 1. The van der Waals surface area contributed by atoms with E-state index in [9.17, 15) is 9.90 Å². The molecule has 0 radical (unpaired) electrons. The molecule has 0 amide bonds. The van der Waals surface area contributed by atoms with E-state index >= 15 is 0 Å². The van der Waals surface area contributed by atoms with Gasteiger partial charge in [-0.25, -0.2) is 9.48 Å².